The molecule has 26 heavy (non-hydrogen) atoms. The summed E-state index contributed by atoms with van der Waals surface area (Å²) in [5.74, 6) is 0. The fourth-order valence-electron chi connectivity index (χ4n) is 3.50. The highest BCUT2D eigenvalue weighted by atomic mass is 15.1. The minimum atomic E-state index is 0.213. The maximum atomic E-state index is 3.75. The standard InChI is InChI=1S/C24H28N2/c1-18-13-15-22(16-14-18)26(4)17-23(25-21-11-6-5-7-12-21)24-19(2)9-8-10-20(24)3/h5-16,23,25H,17H2,1-4H3. The van der Waals surface area contributed by atoms with Crippen LogP contribution in [0.2, 0.25) is 0 Å². The van der Waals surface area contributed by atoms with Gasteiger partial charge in [0, 0.05) is 25.0 Å². The average molecular weight is 345 g/mol. The van der Waals surface area contributed by atoms with Gasteiger partial charge in [0.15, 0.2) is 0 Å². The zero-order valence-electron chi connectivity index (χ0n) is 16.2. The number of benzene rings is 3. The molecular formula is C24H28N2. The van der Waals surface area contributed by atoms with Gasteiger partial charge in [-0.05, 0) is 61.7 Å². The minimum Gasteiger partial charge on any atom is -0.376 e. The summed E-state index contributed by atoms with van der Waals surface area (Å²) in [6.45, 7) is 7.42. The van der Waals surface area contributed by atoms with Crippen molar-refractivity contribution in [1.29, 1.82) is 0 Å². The smallest absolute Gasteiger partial charge is 0.0693 e. The molecule has 2 heteroatoms. The summed E-state index contributed by atoms with van der Waals surface area (Å²) < 4.78 is 0. The highest BCUT2D eigenvalue weighted by molar-refractivity contribution is 5.51. The Morgan fingerprint density at radius 1 is 0.769 bits per heavy atom. The second kappa shape index (κ2) is 8.09. The number of para-hydroxylation sites is 1. The van der Waals surface area contributed by atoms with Gasteiger partial charge in [0.2, 0.25) is 0 Å². The minimum absolute atomic E-state index is 0.213. The van der Waals surface area contributed by atoms with Gasteiger partial charge < -0.3 is 10.2 Å². The molecule has 0 saturated heterocycles. The summed E-state index contributed by atoms with van der Waals surface area (Å²) in [5.41, 5.74) is 7.72. The molecular weight excluding hydrogens is 316 g/mol. The third kappa shape index (κ3) is 4.26. The van der Waals surface area contributed by atoms with Crippen LogP contribution in [0.4, 0.5) is 11.4 Å². The molecule has 2 nitrogen and oxygen atoms in total. The van der Waals surface area contributed by atoms with E-state index in [0.29, 0.717) is 0 Å². The van der Waals surface area contributed by atoms with E-state index in [4.69, 9.17) is 0 Å². The summed E-state index contributed by atoms with van der Waals surface area (Å²) >= 11 is 0. The first-order valence-electron chi connectivity index (χ1n) is 9.20. The second-order valence-corrected chi connectivity index (χ2v) is 7.08. The third-order valence-electron chi connectivity index (χ3n) is 4.94. The van der Waals surface area contributed by atoms with E-state index in [1.807, 2.05) is 0 Å². The van der Waals surface area contributed by atoms with E-state index in [-0.39, 0.29) is 6.04 Å². The Labute approximate surface area is 157 Å². The van der Waals surface area contributed by atoms with Gasteiger partial charge in [-0.2, -0.15) is 0 Å². The van der Waals surface area contributed by atoms with Gasteiger partial charge in [-0.15, -0.1) is 0 Å². The van der Waals surface area contributed by atoms with Crippen molar-refractivity contribution in [2.75, 3.05) is 23.8 Å². The van der Waals surface area contributed by atoms with E-state index < -0.39 is 0 Å². The van der Waals surface area contributed by atoms with Gasteiger partial charge in [0.05, 0.1) is 6.04 Å². The van der Waals surface area contributed by atoms with Gasteiger partial charge in [-0.25, -0.2) is 0 Å². The molecule has 3 rings (SSSR count). The fourth-order valence-corrected chi connectivity index (χ4v) is 3.50. The first-order chi connectivity index (χ1) is 12.5. The molecule has 0 bridgehead atoms. The quantitative estimate of drug-likeness (QED) is 0.599. The van der Waals surface area contributed by atoms with Crippen molar-refractivity contribution in [2.24, 2.45) is 0 Å². The molecule has 0 spiro atoms. The molecule has 0 aliphatic rings. The molecule has 0 radical (unpaired) electrons. The molecule has 1 atom stereocenters. The molecule has 0 amide bonds. The Morgan fingerprint density at radius 3 is 2.00 bits per heavy atom. The predicted octanol–water partition coefficient (Wildman–Crippen LogP) is 5.90. The van der Waals surface area contributed by atoms with Crippen LogP contribution in [0, 0.1) is 20.8 Å². The third-order valence-corrected chi connectivity index (χ3v) is 4.94. The van der Waals surface area contributed by atoms with Crippen LogP contribution in [-0.2, 0) is 0 Å². The van der Waals surface area contributed by atoms with Gasteiger partial charge in [-0.1, -0.05) is 54.1 Å². The van der Waals surface area contributed by atoms with Gasteiger partial charge >= 0.3 is 0 Å². The Balaban J connectivity index is 1.91. The van der Waals surface area contributed by atoms with Crippen LogP contribution in [0.3, 0.4) is 0 Å². The predicted molar refractivity (Wildman–Crippen MR) is 113 cm³/mol. The van der Waals surface area contributed by atoms with E-state index in [9.17, 15) is 0 Å². The molecule has 3 aromatic carbocycles. The van der Waals surface area contributed by atoms with Crippen molar-refractivity contribution < 1.29 is 0 Å². The van der Waals surface area contributed by atoms with Crippen LogP contribution in [-0.4, -0.2) is 13.6 Å². The first kappa shape index (κ1) is 18.1. The molecule has 0 aromatic heterocycles. The number of aryl methyl sites for hydroxylation is 3. The molecule has 0 aliphatic carbocycles. The van der Waals surface area contributed by atoms with Crippen molar-refractivity contribution in [3.63, 3.8) is 0 Å². The highest BCUT2D eigenvalue weighted by Crippen LogP contribution is 2.28. The Morgan fingerprint density at radius 2 is 1.38 bits per heavy atom. The lowest BCUT2D eigenvalue weighted by molar-refractivity contribution is 0.738. The van der Waals surface area contributed by atoms with Crippen LogP contribution < -0.4 is 10.2 Å². The number of anilines is 2. The molecule has 134 valence electrons. The van der Waals surface area contributed by atoms with E-state index in [1.165, 1.54) is 27.9 Å². The number of hydrogen-bond acceptors (Lipinski definition) is 2. The summed E-state index contributed by atoms with van der Waals surface area (Å²) in [4.78, 5) is 2.33. The second-order valence-electron chi connectivity index (χ2n) is 7.08. The first-order valence-corrected chi connectivity index (χ1v) is 9.20. The number of hydrogen-bond donors (Lipinski definition) is 1. The van der Waals surface area contributed by atoms with Crippen LogP contribution in [0.25, 0.3) is 0 Å². The molecule has 3 aromatic rings. The van der Waals surface area contributed by atoms with Gasteiger partial charge in [0.25, 0.3) is 0 Å². The molecule has 0 heterocycles. The maximum absolute atomic E-state index is 3.75. The lowest BCUT2D eigenvalue weighted by Gasteiger charge is -2.30. The fraction of sp³-hybridized carbons (Fsp3) is 0.250. The lowest BCUT2D eigenvalue weighted by Crippen LogP contribution is -2.29. The van der Waals surface area contributed by atoms with E-state index >= 15 is 0 Å². The van der Waals surface area contributed by atoms with E-state index in [1.54, 1.807) is 0 Å². The van der Waals surface area contributed by atoms with E-state index in [0.717, 1.165) is 12.2 Å². The van der Waals surface area contributed by atoms with Gasteiger partial charge in [-0.3, -0.25) is 0 Å². The van der Waals surface area contributed by atoms with Crippen LogP contribution in [0.15, 0.2) is 72.8 Å². The largest absolute Gasteiger partial charge is 0.376 e. The monoisotopic (exact) mass is 344 g/mol. The number of rotatable bonds is 6. The molecule has 1 unspecified atom stereocenters. The average Bonchev–Trinajstić information content (AvgIpc) is 2.63. The summed E-state index contributed by atoms with van der Waals surface area (Å²) in [5, 5.41) is 3.75. The lowest BCUT2D eigenvalue weighted by atomic mass is 9.95. The normalized spacial score (nSPS) is 11.8. The maximum Gasteiger partial charge on any atom is 0.0693 e. The van der Waals surface area contributed by atoms with E-state index in [2.05, 4.69) is 111 Å². The summed E-state index contributed by atoms with van der Waals surface area (Å²) in [6.07, 6.45) is 0. The Bertz CT molecular complexity index is 818. The summed E-state index contributed by atoms with van der Waals surface area (Å²) in [7, 11) is 2.16. The van der Waals surface area contributed by atoms with Crippen molar-refractivity contribution in [1.82, 2.24) is 0 Å². The number of nitrogens with zero attached hydrogens (tertiary/aromatic N) is 1. The van der Waals surface area contributed by atoms with Crippen molar-refractivity contribution in [3.8, 4) is 0 Å². The van der Waals surface area contributed by atoms with Gasteiger partial charge in [0.1, 0.15) is 0 Å². The zero-order valence-corrected chi connectivity index (χ0v) is 16.2. The van der Waals surface area contributed by atoms with Crippen LogP contribution in [0.5, 0.6) is 0 Å². The molecule has 0 fully saturated rings. The Hall–Kier alpha value is -2.74. The van der Waals surface area contributed by atoms with Crippen molar-refractivity contribution in [2.45, 2.75) is 26.8 Å². The number of likely N-dealkylation sites (N-methyl/N-ethyl adjacent to an activating group) is 1. The topological polar surface area (TPSA) is 15.3 Å². The van der Waals surface area contributed by atoms with Crippen LogP contribution >= 0.6 is 0 Å². The van der Waals surface area contributed by atoms with Crippen molar-refractivity contribution in [3.05, 3.63) is 95.1 Å². The Kier molecular flexibility index (Phi) is 5.62. The zero-order chi connectivity index (χ0) is 18.5. The highest BCUT2D eigenvalue weighted by Gasteiger charge is 2.18. The van der Waals surface area contributed by atoms with Crippen LogP contribution in [0.1, 0.15) is 28.3 Å². The molecule has 0 aliphatic heterocycles. The molecule has 1 N–H and O–H groups in total. The van der Waals surface area contributed by atoms with Crippen molar-refractivity contribution >= 4 is 11.4 Å². The number of nitrogens with one attached hydrogen (secondary N) is 1. The molecule has 0 saturated carbocycles. The summed E-state index contributed by atoms with van der Waals surface area (Å²) in [6, 6.07) is 26.0. The SMILES string of the molecule is Cc1ccc(N(C)CC(Nc2ccccc2)c2c(C)cccc2C)cc1.